The number of allylic oxidation sites excluding steroid dienone is 1. The number of carbonyl (C=O) groups excluding carboxylic acids is 1. The Morgan fingerprint density at radius 2 is 1.96 bits per heavy atom. The van der Waals surface area contributed by atoms with Gasteiger partial charge >= 0.3 is 0 Å². The number of ketones is 1. The molecule has 2 aliphatic heterocycles. The number of hydrogen-bond donors (Lipinski definition) is 1. The number of likely N-dealkylation sites (tertiary alicyclic amines) is 1. The van der Waals surface area contributed by atoms with Gasteiger partial charge in [0.2, 0.25) is 5.78 Å². The van der Waals surface area contributed by atoms with Crippen LogP contribution in [0, 0.1) is 6.92 Å². The number of phenolic OH excluding ortho intramolecular Hbond substituents is 1. The molecule has 0 saturated carbocycles. The Morgan fingerprint density at radius 3 is 2.70 bits per heavy atom. The summed E-state index contributed by atoms with van der Waals surface area (Å²) in [5, 5.41) is 10.4. The molecule has 0 aromatic heterocycles. The summed E-state index contributed by atoms with van der Waals surface area (Å²) in [5.41, 5.74) is 3.34. The number of benzene rings is 2. The summed E-state index contributed by atoms with van der Waals surface area (Å²) in [6, 6.07) is 11.7. The molecule has 2 aromatic rings. The van der Waals surface area contributed by atoms with Gasteiger partial charge in [-0.15, -0.1) is 0 Å². The predicted molar refractivity (Wildman–Crippen MR) is 106 cm³/mol. The molecular formula is C23H25NO3. The number of aromatic hydroxyl groups is 1. The third-order valence-electron chi connectivity index (χ3n) is 5.59. The van der Waals surface area contributed by atoms with Gasteiger partial charge in [-0.05, 0) is 57.0 Å². The van der Waals surface area contributed by atoms with E-state index in [4.69, 9.17) is 4.74 Å². The molecule has 2 aliphatic rings. The molecule has 4 nitrogen and oxygen atoms in total. The fourth-order valence-corrected chi connectivity index (χ4v) is 3.86. The predicted octanol–water partition coefficient (Wildman–Crippen LogP) is 4.69. The van der Waals surface area contributed by atoms with E-state index in [2.05, 4.69) is 11.8 Å². The molecule has 0 radical (unpaired) electrons. The second-order valence-corrected chi connectivity index (χ2v) is 7.61. The Hall–Kier alpha value is -2.59. The Kier molecular flexibility index (Phi) is 4.75. The van der Waals surface area contributed by atoms with Gasteiger partial charge in [-0.1, -0.05) is 36.2 Å². The van der Waals surface area contributed by atoms with Crippen LogP contribution in [-0.2, 0) is 6.54 Å². The molecule has 0 spiro atoms. The van der Waals surface area contributed by atoms with E-state index in [1.807, 2.05) is 31.2 Å². The van der Waals surface area contributed by atoms with Crippen molar-refractivity contribution < 1.29 is 14.6 Å². The number of fused-ring (bicyclic) bond motifs is 1. The van der Waals surface area contributed by atoms with E-state index in [1.165, 1.54) is 18.4 Å². The lowest BCUT2D eigenvalue weighted by Gasteiger charge is -2.33. The van der Waals surface area contributed by atoms with Crippen molar-refractivity contribution in [1.29, 1.82) is 0 Å². The first-order valence-electron chi connectivity index (χ1n) is 9.63. The number of phenols is 1. The van der Waals surface area contributed by atoms with Gasteiger partial charge in [-0.25, -0.2) is 0 Å². The Labute approximate surface area is 160 Å². The van der Waals surface area contributed by atoms with Crippen molar-refractivity contribution in [3.63, 3.8) is 0 Å². The molecular weight excluding hydrogens is 338 g/mol. The highest BCUT2D eigenvalue weighted by Gasteiger charge is 2.32. The normalized spacial score (nSPS) is 21.3. The number of ether oxygens (including phenoxy) is 1. The van der Waals surface area contributed by atoms with Crippen LogP contribution in [0.5, 0.6) is 11.5 Å². The average Bonchev–Trinajstić information content (AvgIpc) is 2.97. The van der Waals surface area contributed by atoms with Crippen LogP contribution in [-0.4, -0.2) is 28.4 Å². The monoisotopic (exact) mass is 363 g/mol. The van der Waals surface area contributed by atoms with E-state index in [9.17, 15) is 9.90 Å². The molecule has 4 rings (SSSR count). The lowest BCUT2D eigenvalue weighted by Crippen LogP contribution is -2.36. The van der Waals surface area contributed by atoms with Crippen LogP contribution in [0.25, 0.3) is 6.08 Å². The summed E-state index contributed by atoms with van der Waals surface area (Å²) < 4.78 is 5.97. The Morgan fingerprint density at radius 1 is 1.19 bits per heavy atom. The minimum absolute atomic E-state index is 0.126. The number of piperidine rings is 1. The quantitative estimate of drug-likeness (QED) is 0.804. The van der Waals surface area contributed by atoms with Crippen molar-refractivity contribution in [3.8, 4) is 11.5 Å². The van der Waals surface area contributed by atoms with E-state index in [0.29, 0.717) is 35.2 Å². The number of carbonyl (C=O) groups is 1. The molecule has 0 aliphatic carbocycles. The number of rotatable bonds is 3. The second kappa shape index (κ2) is 7.20. The summed E-state index contributed by atoms with van der Waals surface area (Å²) in [6.45, 7) is 5.85. The van der Waals surface area contributed by atoms with Gasteiger partial charge in [-0.2, -0.15) is 0 Å². The van der Waals surface area contributed by atoms with Gasteiger partial charge in [-0.3, -0.25) is 9.69 Å². The number of aryl methyl sites for hydroxylation is 1. The third kappa shape index (κ3) is 3.50. The van der Waals surface area contributed by atoms with Crippen molar-refractivity contribution in [1.82, 2.24) is 4.90 Å². The van der Waals surface area contributed by atoms with Crippen LogP contribution in [0.15, 0.2) is 42.2 Å². The molecule has 0 amide bonds. The van der Waals surface area contributed by atoms with Crippen LogP contribution in [0.1, 0.15) is 53.2 Å². The maximum absolute atomic E-state index is 12.8. The number of hydrogen-bond acceptors (Lipinski definition) is 4. The zero-order valence-electron chi connectivity index (χ0n) is 15.9. The molecule has 0 bridgehead atoms. The van der Waals surface area contributed by atoms with Crippen LogP contribution >= 0.6 is 0 Å². The summed E-state index contributed by atoms with van der Waals surface area (Å²) in [6.07, 6.45) is 5.34. The standard InChI is InChI=1S/C23H25NO3/c1-15-6-8-17(9-7-15)13-21-22(26)18-10-11-20(25)19(23(18)27-21)14-24-12-4-3-5-16(24)2/h6-11,13,16,25H,3-5,12,14H2,1-2H3/b21-13-. The Bertz CT molecular complexity index is 899. The van der Waals surface area contributed by atoms with E-state index < -0.39 is 0 Å². The van der Waals surface area contributed by atoms with Crippen molar-refractivity contribution in [3.05, 3.63) is 64.4 Å². The van der Waals surface area contributed by atoms with Gasteiger partial charge < -0.3 is 9.84 Å². The first-order valence-corrected chi connectivity index (χ1v) is 9.63. The average molecular weight is 363 g/mol. The molecule has 1 N–H and O–H groups in total. The lowest BCUT2D eigenvalue weighted by atomic mass is 10.0. The van der Waals surface area contributed by atoms with Crippen molar-refractivity contribution in [2.75, 3.05) is 6.54 Å². The minimum Gasteiger partial charge on any atom is -0.507 e. The third-order valence-corrected chi connectivity index (χ3v) is 5.59. The highest BCUT2D eigenvalue weighted by molar-refractivity contribution is 6.15. The van der Waals surface area contributed by atoms with Gasteiger partial charge in [0.05, 0.1) is 11.1 Å². The maximum atomic E-state index is 12.8. The Balaban J connectivity index is 1.65. The second-order valence-electron chi connectivity index (χ2n) is 7.61. The maximum Gasteiger partial charge on any atom is 0.231 e. The van der Waals surface area contributed by atoms with E-state index >= 15 is 0 Å². The van der Waals surface area contributed by atoms with E-state index in [-0.39, 0.29) is 11.5 Å². The van der Waals surface area contributed by atoms with Crippen LogP contribution in [0.3, 0.4) is 0 Å². The first-order chi connectivity index (χ1) is 13.0. The zero-order chi connectivity index (χ0) is 19.0. The van der Waals surface area contributed by atoms with E-state index in [1.54, 1.807) is 18.2 Å². The molecule has 1 saturated heterocycles. The summed E-state index contributed by atoms with van der Waals surface area (Å²) >= 11 is 0. The topological polar surface area (TPSA) is 49.8 Å². The summed E-state index contributed by atoms with van der Waals surface area (Å²) in [5.74, 6) is 0.887. The van der Waals surface area contributed by atoms with Crippen LogP contribution in [0.4, 0.5) is 0 Å². The molecule has 4 heteroatoms. The molecule has 1 fully saturated rings. The first kappa shape index (κ1) is 17.8. The molecule has 140 valence electrons. The fourth-order valence-electron chi connectivity index (χ4n) is 3.86. The summed E-state index contributed by atoms with van der Waals surface area (Å²) in [7, 11) is 0. The van der Waals surface area contributed by atoms with Crippen molar-refractivity contribution in [2.45, 2.75) is 45.7 Å². The van der Waals surface area contributed by atoms with E-state index in [0.717, 1.165) is 18.5 Å². The molecule has 27 heavy (non-hydrogen) atoms. The molecule has 2 heterocycles. The minimum atomic E-state index is -0.126. The number of Topliss-reactive ketones (excluding diaryl/α,β-unsaturated/α-hetero) is 1. The molecule has 2 aromatic carbocycles. The van der Waals surface area contributed by atoms with Crippen LogP contribution < -0.4 is 4.74 Å². The SMILES string of the molecule is Cc1ccc(/C=C2\Oc3c(ccc(O)c3CN3CCCCC3C)C2=O)cc1. The highest BCUT2D eigenvalue weighted by Crippen LogP contribution is 2.40. The smallest absolute Gasteiger partial charge is 0.231 e. The highest BCUT2D eigenvalue weighted by atomic mass is 16.5. The van der Waals surface area contributed by atoms with Gasteiger partial charge in [0, 0.05) is 12.6 Å². The zero-order valence-corrected chi connectivity index (χ0v) is 15.9. The lowest BCUT2D eigenvalue weighted by molar-refractivity contribution is 0.101. The van der Waals surface area contributed by atoms with Gasteiger partial charge in [0.25, 0.3) is 0 Å². The number of nitrogens with zero attached hydrogens (tertiary/aromatic N) is 1. The van der Waals surface area contributed by atoms with Crippen molar-refractivity contribution >= 4 is 11.9 Å². The molecule has 1 atom stereocenters. The van der Waals surface area contributed by atoms with Gasteiger partial charge in [0.15, 0.2) is 5.76 Å². The molecule has 1 unspecified atom stereocenters. The fraction of sp³-hybridized carbons (Fsp3) is 0.348. The van der Waals surface area contributed by atoms with Crippen LogP contribution in [0.2, 0.25) is 0 Å². The van der Waals surface area contributed by atoms with Crippen molar-refractivity contribution in [2.24, 2.45) is 0 Å². The summed E-state index contributed by atoms with van der Waals surface area (Å²) in [4.78, 5) is 15.2. The van der Waals surface area contributed by atoms with Gasteiger partial charge in [0.1, 0.15) is 11.5 Å². The largest absolute Gasteiger partial charge is 0.507 e.